The molecule has 0 atom stereocenters. The number of allylic oxidation sites excluding steroid dienone is 1. The number of aryl methyl sites for hydroxylation is 3. The van der Waals surface area contributed by atoms with Crippen molar-refractivity contribution >= 4 is 44.8 Å². The maximum Gasteiger partial charge on any atom is 0.265 e. The van der Waals surface area contributed by atoms with Gasteiger partial charge in [0, 0.05) is 49.2 Å². The molecule has 1 aliphatic rings. The van der Waals surface area contributed by atoms with Crippen molar-refractivity contribution in [1.82, 2.24) is 9.88 Å². The second-order valence-corrected chi connectivity index (χ2v) is 9.44. The summed E-state index contributed by atoms with van der Waals surface area (Å²) < 4.78 is 12.0. The highest BCUT2D eigenvalue weighted by molar-refractivity contribution is 7.17. The molecule has 2 heterocycles. The topological polar surface area (TPSA) is 84.7 Å². The molecule has 0 unspecified atom stereocenters. The number of anilines is 1. The fourth-order valence-corrected chi connectivity index (χ4v) is 5.13. The summed E-state index contributed by atoms with van der Waals surface area (Å²) in [6.45, 7) is 6.10. The number of nitrogens with zero attached hydrogens (tertiary/aromatic N) is 2. The van der Waals surface area contributed by atoms with Crippen LogP contribution in [0.15, 0.2) is 22.6 Å². The molecular formula is C25H29N3O4S. The van der Waals surface area contributed by atoms with Crippen LogP contribution in [0.2, 0.25) is 0 Å². The quantitative estimate of drug-likeness (QED) is 0.503. The van der Waals surface area contributed by atoms with Gasteiger partial charge in [0.15, 0.2) is 5.13 Å². The minimum Gasteiger partial charge on any atom is -0.493 e. The highest BCUT2D eigenvalue weighted by Crippen LogP contribution is 2.38. The Morgan fingerprint density at radius 2 is 2.03 bits per heavy atom. The van der Waals surface area contributed by atoms with Crippen LogP contribution in [0.3, 0.4) is 0 Å². The van der Waals surface area contributed by atoms with Crippen LogP contribution >= 0.6 is 11.3 Å². The smallest absolute Gasteiger partial charge is 0.265 e. The van der Waals surface area contributed by atoms with Gasteiger partial charge in [-0.15, -0.1) is 0 Å². The fourth-order valence-electron chi connectivity index (χ4n) is 4.14. The van der Waals surface area contributed by atoms with Gasteiger partial charge in [0.25, 0.3) is 5.91 Å². The molecular weight excluding hydrogens is 438 g/mol. The first-order valence-corrected chi connectivity index (χ1v) is 12.0. The van der Waals surface area contributed by atoms with Gasteiger partial charge in [-0.05, 0) is 51.7 Å². The number of nitrogens with one attached hydrogen (secondary N) is 1. The largest absolute Gasteiger partial charge is 0.493 e. The molecule has 1 aromatic carbocycles. The van der Waals surface area contributed by atoms with E-state index in [9.17, 15) is 9.59 Å². The summed E-state index contributed by atoms with van der Waals surface area (Å²) in [6, 6.07) is 4.01. The Kier molecular flexibility index (Phi) is 6.56. The van der Waals surface area contributed by atoms with Crippen molar-refractivity contribution in [3.63, 3.8) is 0 Å². The zero-order chi connectivity index (χ0) is 23.7. The number of furan rings is 1. The minimum absolute atomic E-state index is 0.129. The van der Waals surface area contributed by atoms with E-state index in [2.05, 4.69) is 16.4 Å². The van der Waals surface area contributed by atoms with Crippen molar-refractivity contribution in [3.8, 4) is 5.75 Å². The highest BCUT2D eigenvalue weighted by Gasteiger charge is 2.21. The summed E-state index contributed by atoms with van der Waals surface area (Å²) in [5.74, 6) is 1.33. The highest BCUT2D eigenvalue weighted by atomic mass is 32.1. The number of hydrogen-bond donors (Lipinski definition) is 1. The van der Waals surface area contributed by atoms with Crippen LogP contribution in [-0.4, -0.2) is 42.4 Å². The summed E-state index contributed by atoms with van der Waals surface area (Å²) in [7, 11) is 3.38. The van der Waals surface area contributed by atoms with E-state index in [4.69, 9.17) is 9.15 Å². The summed E-state index contributed by atoms with van der Waals surface area (Å²) in [5.41, 5.74) is 4.36. The zero-order valence-corrected chi connectivity index (χ0v) is 20.5. The standard InChI is InChI=1S/C25H29N3O4S/c1-6-31-20-13-21-18(16-9-7-8-10-19(16)32-21)12-17(20)14(2)11-22(29)27-25-26-15(3)23(33-25)24(30)28(4)5/h11-13H,6-10H2,1-5H3,(H,26,27,29)/b14-11+. The molecule has 0 aliphatic heterocycles. The van der Waals surface area contributed by atoms with Gasteiger partial charge in [0.2, 0.25) is 5.91 Å². The van der Waals surface area contributed by atoms with E-state index in [1.165, 1.54) is 21.8 Å². The normalized spacial score (nSPS) is 13.7. The molecule has 0 saturated carbocycles. The molecule has 0 fully saturated rings. The second kappa shape index (κ2) is 9.39. The van der Waals surface area contributed by atoms with Gasteiger partial charge in [0.1, 0.15) is 22.0 Å². The lowest BCUT2D eigenvalue weighted by molar-refractivity contribution is -0.111. The predicted molar refractivity (Wildman–Crippen MR) is 131 cm³/mol. The summed E-state index contributed by atoms with van der Waals surface area (Å²) >= 11 is 1.18. The SMILES string of the molecule is CCOc1cc2oc3c(c2cc1/C(C)=C/C(=O)Nc1nc(C)c(C(=O)N(C)C)s1)CCCC3. The van der Waals surface area contributed by atoms with E-state index < -0.39 is 0 Å². The van der Waals surface area contributed by atoms with E-state index in [1.54, 1.807) is 27.1 Å². The third-order valence-electron chi connectivity index (χ3n) is 5.76. The lowest BCUT2D eigenvalue weighted by Gasteiger charge is -2.12. The molecule has 2 aromatic heterocycles. The third kappa shape index (κ3) is 4.66. The monoisotopic (exact) mass is 467 g/mol. The first kappa shape index (κ1) is 23.0. The van der Waals surface area contributed by atoms with Crippen molar-refractivity contribution in [3.05, 3.63) is 45.7 Å². The van der Waals surface area contributed by atoms with E-state index >= 15 is 0 Å². The maximum absolute atomic E-state index is 12.8. The molecule has 33 heavy (non-hydrogen) atoms. The van der Waals surface area contributed by atoms with Crippen molar-refractivity contribution in [1.29, 1.82) is 0 Å². The van der Waals surface area contributed by atoms with Crippen molar-refractivity contribution in [2.45, 2.75) is 46.5 Å². The molecule has 174 valence electrons. The molecule has 3 aromatic rings. The Morgan fingerprint density at radius 1 is 1.27 bits per heavy atom. The molecule has 8 heteroatoms. The van der Waals surface area contributed by atoms with Crippen LogP contribution in [0.4, 0.5) is 5.13 Å². The Hall–Kier alpha value is -3.13. The lowest BCUT2D eigenvalue weighted by atomic mass is 9.94. The van der Waals surface area contributed by atoms with Crippen LogP contribution in [0.5, 0.6) is 5.75 Å². The lowest BCUT2D eigenvalue weighted by Crippen LogP contribution is -2.21. The van der Waals surface area contributed by atoms with Crippen LogP contribution in [0, 0.1) is 6.92 Å². The molecule has 7 nitrogen and oxygen atoms in total. The average molecular weight is 468 g/mol. The van der Waals surface area contributed by atoms with Gasteiger partial charge in [-0.2, -0.15) is 0 Å². The summed E-state index contributed by atoms with van der Waals surface area (Å²) in [4.78, 5) is 31.4. The third-order valence-corrected chi connectivity index (χ3v) is 6.82. The zero-order valence-electron chi connectivity index (χ0n) is 19.7. The minimum atomic E-state index is -0.304. The number of rotatable bonds is 6. The second-order valence-electron chi connectivity index (χ2n) is 8.44. The number of fused-ring (bicyclic) bond motifs is 3. The van der Waals surface area contributed by atoms with Gasteiger partial charge < -0.3 is 14.1 Å². The molecule has 1 N–H and O–H groups in total. The number of benzene rings is 1. The molecule has 0 saturated heterocycles. The first-order chi connectivity index (χ1) is 15.8. The molecule has 2 amide bonds. The Morgan fingerprint density at radius 3 is 2.76 bits per heavy atom. The number of amides is 2. The number of carbonyl (C=O) groups excluding carboxylic acids is 2. The molecule has 0 radical (unpaired) electrons. The molecule has 4 rings (SSSR count). The van der Waals surface area contributed by atoms with Gasteiger partial charge in [-0.1, -0.05) is 11.3 Å². The molecule has 1 aliphatic carbocycles. The van der Waals surface area contributed by atoms with Gasteiger partial charge in [0.05, 0.1) is 12.3 Å². The predicted octanol–water partition coefficient (Wildman–Crippen LogP) is 5.22. The van der Waals surface area contributed by atoms with Crippen molar-refractivity contribution in [2.24, 2.45) is 0 Å². The number of ether oxygens (including phenoxy) is 1. The average Bonchev–Trinajstić information content (AvgIpc) is 3.31. The van der Waals surface area contributed by atoms with Gasteiger partial charge in [-0.3, -0.25) is 14.9 Å². The first-order valence-electron chi connectivity index (χ1n) is 11.2. The molecule has 0 spiro atoms. The van der Waals surface area contributed by atoms with Crippen molar-refractivity contribution < 1.29 is 18.7 Å². The van der Waals surface area contributed by atoms with E-state index in [0.717, 1.165) is 53.5 Å². The Bertz CT molecular complexity index is 1250. The van der Waals surface area contributed by atoms with Gasteiger partial charge in [-0.25, -0.2) is 4.98 Å². The number of carbonyl (C=O) groups is 2. The van der Waals surface area contributed by atoms with Gasteiger partial charge >= 0.3 is 0 Å². The van der Waals surface area contributed by atoms with E-state index in [0.29, 0.717) is 28.1 Å². The number of hydrogen-bond acceptors (Lipinski definition) is 6. The van der Waals surface area contributed by atoms with Crippen LogP contribution in [-0.2, 0) is 17.6 Å². The molecule has 0 bridgehead atoms. The van der Waals surface area contributed by atoms with Crippen LogP contribution < -0.4 is 10.1 Å². The fraction of sp³-hybridized carbons (Fsp3) is 0.400. The Balaban J connectivity index is 1.63. The van der Waals surface area contributed by atoms with Crippen LogP contribution in [0.25, 0.3) is 16.5 Å². The van der Waals surface area contributed by atoms with E-state index in [1.807, 2.05) is 19.9 Å². The summed E-state index contributed by atoms with van der Waals surface area (Å²) in [5, 5.41) is 4.29. The Labute approximate surface area is 197 Å². The van der Waals surface area contributed by atoms with E-state index in [-0.39, 0.29) is 11.8 Å². The summed E-state index contributed by atoms with van der Waals surface area (Å²) in [6.07, 6.45) is 5.82. The van der Waals surface area contributed by atoms with Crippen molar-refractivity contribution in [2.75, 3.05) is 26.0 Å². The maximum atomic E-state index is 12.8. The van der Waals surface area contributed by atoms with Crippen LogP contribution in [0.1, 0.15) is 58.9 Å². The number of thiazole rings is 1. The number of aromatic nitrogens is 1.